The molecule has 0 aliphatic carbocycles. The summed E-state index contributed by atoms with van der Waals surface area (Å²) in [4.78, 5) is 21.4. The number of carboxylic acids is 1. The molecule has 2 rings (SSSR count). The Morgan fingerprint density at radius 2 is 2.00 bits per heavy atom. The number of non-ortho nitro benzene ring substituents is 1. The number of benzene rings is 2. The molecular weight excluding hydrogens is 308 g/mol. The van der Waals surface area contributed by atoms with Crippen LogP contribution in [0.2, 0.25) is 5.02 Å². The number of nitro groups is 1. The Morgan fingerprint density at radius 1 is 1.32 bits per heavy atom. The van der Waals surface area contributed by atoms with Gasteiger partial charge in [0.2, 0.25) is 0 Å². The van der Waals surface area contributed by atoms with Crippen molar-refractivity contribution in [2.75, 3.05) is 5.32 Å². The third-order valence-electron chi connectivity index (χ3n) is 3.19. The minimum Gasteiger partial charge on any atom is -0.478 e. The zero-order valence-electron chi connectivity index (χ0n) is 11.6. The Bertz CT molecular complexity index is 733. The number of carboxylic acid groups (broad SMARTS) is 1. The van der Waals surface area contributed by atoms with Gasteiger partial charge in [0.05, 0.1) is 16.5 Å². The van der Waals surface area contributed by atoms with Gasteiger partial charge in [-0.25, -0.2) is 4.79 Å². The molecule has 1 atom stereocenters. The third kappa shape index (κ3) is 3.35. The van der Waals surface area contributed by atoms with E-state index >= 15 is 0 Å². The van der Waals surface area contributed by atoms with Gasteiger partial charge < -0.3 is 10.4 Å². The number of halogens is 1. The largest absolute Gasteiger partial charge is 0.478 e. The van der Waals surface area contributed by atoms with Crippen molar-refractivity contribution in [1.82, 2.24) is 0 Å². The van der Waals surface area contributed by atoms with Crippen LogP contribution in [0.4, 0.5) is 11.4 Å². The van der Waals surface area contributed by atoms with Crippen molar-refractivity contribution in [3.8, 4) is 0 Å². The van der Waals surface area contributed by atoms with Gasteiger partial charge in [0.25, 0.3) is 5.69 Å². The molecule has 114 valence electrons. The van der Waals surface area contributed by atoms with E-state index in [1.165, 1.54) is 12.1 Å². The number of nitrogens with one attached hydrogen (secondary N) is 1. The van der Waals surface area contributed by atoms with Crippen molar-refractivity contribution in [2.45, 2.75) is 13.0 Å². The van der Waals surface area contributed by atoms with Gasteiger partial charge in [0.15, 0.2) is 0 Å². The molecule has 0 saturated heterocycles. The van der Waals surface area contributed by atoms with Gasteiger partial charge in [-0.2, -0.15) is 0 Å². The molecule has 7 heteroatoms. The molecule has 0 aromatic heterocycles. The van der Waals surface area contributed by atoms with E-state index in [0.29, 0.717) is 10.7 Å². The van der Waals surface area contributed by atoms with E-state index in [0.717, 1.165) is 11.6 Å². The standard InChI is InChI=1S/C15H13ClN2O4/c1-9(11-4-2-3-5-13(11)16)17-14-7-6-10(18(21)22)8-12(14)15(19)20/h2-9,17H,1H3,(H,19,20). The van der Waals surface area contributed by atoms with Crippen molar-refractivity contribution in [3.63, 3.8) is 0 Å². The molecule has 2 N–H and O–H groups in total. The number of nitrogens with zero attached hydrogens (tertiary/aromatic N) is 1. The first-order chi connectivity index (χ1) is 10.4. The van der Waals surface area contributed by atoms with Crippen LogP contribution in [-0.2, 0) is 0 Å². The Hall–Kier alpha value is -2.60. The normalized spacial score (nSPS) is 11.7. The highest BCUT2D eigenvalue weighted by Crippen LogP contribution is 2.29. The van der Waals surface area contributed by atoms with Gasteiger partial charge in [-0.3, -0.25) is 10.1 Å². The van der Waals surface area contributed by atoms with E-state index < -0.39 is 10.9 Å². The van der Waals surface area contributed by atoms with Crippen molar-refractivity contribution in [2.24, 2.45) is 0 Å². The van der Waals surface area contributed by atoms with Gasteiger partial charge in [0.1, 0.15) is 0 Å². The van der Waals surface area contributed by atoms with Crippen LogP contribution < -0.4 is 5.32 Å². The summed E-state index contributed by atoms with van der Waals surface area (Å²) in [5, 5.41) is 23.6. The monoisotopic (exact) mass is 320 g/mol. The number of rotatable bonds is 5. The molecule has 1 unspecified atom stereocenters. The van der Waals surface area contributed by atoms with Crippen molar-refractivity contribution in [1.29, 1.82) is 0 Å². The summed E-state index contributed by atoms with van der Waals surface area (Å²) in [6.45, 7) is 1.83. The maximum Gasteiger partial charge on any atom is 0.338 e. The summed E-state index contributed by atoms with van der Waals surface area (Å²) >= 11 is 6.11. The molecule has 0 fully saturated rings. The maximum absolute atomic E-state index is 11.3. The van der Waals surface area contributed by atoms with Gasteiger partial charge in [-0.15, -0.1) is 0 Å². The number of hydrogen-bond donors (Lipinski definition) is 2. The van der Waals surface area contributed by atoms with E-state index in [1.807, 2.05) is 19.1 Å². The zero-order valence-corrected chi connectivity index (χ0v) is 12.4. The van der Waals surface area contributed by atoms with Crippen LogP contribution in [0.5, 0.6) is 0 Å². The first-order valence-electron chi connectivity index (χ1n) is 6.43. The zero-order chi connectivity index (χ0) is 16.3. The van der Waals surface area contributed by atoms with E-state index in [4.69, 9.17) is 11.6 Å². The quantitative estimate of drug-likeness (QED) is 0.638. The molecular formula is C15H13ClN2O4. The van der Waals surface area contributed by atoms with Gasteiger partial charge >= 0.3 is 5.97 Å². The third-order valence-corrected chi connectivity index (χ3v) is 3.53. The van der Waals surface area contributed by atoms with Crippen LogP contribution >= 0.6 is 11.6 Å². The second kappa shape index (κ2) is 6.44. The smallest absolute Gasteiger partial charge is 0.338 e. The lowest BCUT2D eigenvalue weighted by molar-refractivity contribution is -0.384. The predicted octanol–water partition coefficient (Wildman–Crippen LogP) is 4.12. The summed E-state index contributed by atoms with van der Waals surface area (Å²) in [5.41, 5.74) is 0.672. The summed E-state index contributed by atoms with van der Waals surface area (Å²) in [6, 6.07) is 10.6. The lowest BCUT2D eigenvalue weighted by atomic mass is 10.1. The summed E-state index contributed by atoms with van der Waals surface area (Å²) in [5.74, 6) is -1.24. The molecule has 0 bridgehead atoms. The number of hydrogen-bond acceptors (Lipinski definition) is 4. The molecule has 6 nitrogen and oxygen atoms in total. The molecule has 0 spiro atoms. The predicted molar refractivity (Wildman–Crippen MR) is 83.5 cm³/mol. The highest BCUT2D eigenvalue weighted by Gasteiger charge is 2.18. The highest BCUT2D eigenvalue weighted by molar-refractivity contribution is 6.31. The van der Waals surface area contributed by atoms with Crippen LogP contribution in [0.25, 0.3) is 0 Å². The van der Waals surface area contributed by atoms with Crippen molar-refractivity contribution < 1.29 is 14.8 Å². The number of anilines is 1. The molecule has 0 heterocycles. The first-order valence-corrected chi connectivity index (χ1v) is 6.80. The molecule has 0 aliphatic heterocycles. The molecule has 22 heavy (non-hydrogen) atoms. The SMILES string of the molecule is CC(Nc1ccc([N+](=O)[O-])cc1C(=O)O)c1ccccc1Cl. The number of aromatic carboxylic acids is 1. The molecule has 2 aromatic rings. The minimum atomic E-state index is -1.24. The Kier molecular flexibility index (Phi) is 4.62. The summed E-state index contributed by atoms with van der Waals surface area (Å²) in [6.07, 6.45) is 0. The number of carbonyl (C=O) groups is 1. The van der Waals surface area contributed by atoms with Gasteiger partial charge in [0, 0.05) is 22.8 Å². The van der Waals surface area contributed by atoms with E-state index in [2.05, 4.69) is 5.32 Å². The lowest BCUT2D eigenvalue weighted by Gasteiger charge is -2.18. The maximum atomic E-state index is 11.3. The highest BCUT2D eigenvalue weighted by atomic mass is 35.5. The average molecular weight is 321 g/mol. The molecule has 0 aliphatic rings. The van der Waals surface area contributed by atoms with E-state index in [-0.39, 0.29) is 17.3 Å². The van der Waals surface area contributed by atoms with E-state index in [9.17, 15) is 20.0 Å². The fourth-order valence-corrected chi connectivity index (χ4v) is 2.39. The van der Waals surface area contributed by atoms with Crippen molar-refractivity contribution in [3.05, 3.63) is 68.7 Å². The first kappa shape index (κ1) is 15.8. The van der Waals surface area contributed by atoms with E-state index in [1.54, 1.807) is 12.1 Å². The number of nitro benzene ring substituents is 1. The van der Waals surface area contributed by atoms with Crippen molar-refractivity contribution >= 4 is 28.9 Å². The Labute approximate surface area is 131 Å². The topological polar surface area (TPSA) is 92.5 Å². The summed E-state index contributed by atoms with van der Waals surface area (Å²) < 4.78 is 0. The minimum absolute atomic E-state index is 0.159. The van der Waals surface area contributed by atoms with Crippen LogP contribution in [0.3, 0.4) is 0 Å². The fraction of sp³-hybridized carbons (Fsp3) is 0.133. The lowest BCUT2D eigenvalue weighted by Crippen LogP contribution is -2.11. The molecule has 0 amide bonds. The van der Waals surface area contributed by atoms with Gasteiger partial charge in [-0.1, -0.05) is 29.8 Å². The Morgan fingerprint density at radius 3 is 2.59 bits per heavy atom. The summed E-state index contributed by atoms with van der Waals surface area (Å²) in [7, 11) is 0. The second-order valence-electron chi connectivity index (χ2n) is 4.68. The van der Waals surface area contributed by atoms with Crippen LogP contribution in [-0.4, -0.2) is 16.0 Å². The second-order valence-corrected chi connectivity index (χ2v) is 5.09. The average Bonchev–Trinajstić information content (AvgIpc) is 2.47. The molecule has 0 saturated carbocycles. The molecule has 2 aromatic carbocycles. The van der Waals surface area contributed by atoms with Crippen LogP contribution in [0.15, 0.2) is 42.5 Å². The molecule has 0 radical (unpaired) electrons. The van der Waals surface area contributed by atoms with Crippen LogP contribution in [0, 0.1) is 10.1 Å². The fourth-order valence-electron chi connectivity index (χ4n) is 2.09. The Balaban J connectivity index is 2.35. The van der Waals surface area contributed by atoms with Crippen LogP contribution in [0.1, 0.15) is 28.9 Å². The van der Waals surface area contributed by atoms with Gasteiger partial charge in [-0.05, 0) is 24.6 Å².